The zero-order valence-corrected chi connectivity index (χ0v) is 6.24. The number of rotatable bonds is 1. The summed E-state index contributed by atoms with van der Waals surface area (Å²) in [6.45, 7) is 0.223. The lowest BCUT2D eigenvalue weighted by molar-refractivity contribution is 0.627. The molecule has 0 saturated heterocycles. The summed E-state index contributed by atoms with van der Waals surface area (Å²) in [6.07, 6.45) is 1.63. The van der Waals surface area contributed by atoms with Crippen molar-refractivity contribution >= 4 is 5.65 Å². The summed E-state index contributed by atoms with van der Waals surface area (Å²) in [5, 5.41) is 3.93. The Labute approximate surface area is 67.8 Å². The lowest BCUT2D eigenvalue weighted by Crippen LogP contribution is -1.98. The Balaban J connectivity index is 2.74. The highest BCUT2D eigenvalue weighted by Crippen LogP contribution is 2.05. The number of fused-ring (bicyclic) bond motifs is 1. The third kappa shape index (κ3) is 0.947. The molecule has 0 aliphatic carbocycles. The minimum atomic E-state index is -0.385. The van der Waals surface area contributed by atoms with Crippen LogP contribution in [-0.2, 0) is 6.54 Å². The standard InChI is InChI=1S/C7H7FN4/c8-5-2-1-3-12-7(5)10-6(4-9)11-12/h1-3H,4,9H2. The molecule has 0 aliphatic rings. The van der Waals surface area contributed by atoms with E-state index < -0.39 is 0 Å². The molecule has 2 N–H and O–H groups in total. The van der Waals surface area contributed by atoms with E-state index in [4.69, 9.17) is 5.73 Å². The highest BCUT2D eigenvalue weighted by atomic mass is 19.1. The van der Waals surface area contributed by atoms with Gasteiger partial charge in [-0.3, -0.25) is 0 Å². The van der Waals surface area contributed by atoms with Crippen molar-refractivity contribution < 1.29 is 4.39 Å². The van der Waals surface area contributed by atoms with Crippen LogP contribution in [0.25, 0.3) is 5.65 Å². The van der Waals surface area contributed by atoms with E-state index in [1.54, 1.807) is 12.3 Å². The first-order valence-electron chi connectivity index (χ1n) is 3.51. The van der Waals surface area contributed by atoms with Crippen LogP contribution in [-0.4, -0.2) is 14.6 Å². The van der Waals surface area contributed by atoms with Gasteiger partial charge in [-0.2, -0.15) is 0 Å². The number of nitrogens with zero attached hydrogens (tertiary/aromatic N) is 3. The van der Waals surface area contributed by atoms with Gasteiger partial charge in [0.25, 0.3) is 0 Å². The minimum absolute atomic E-state index is 0.220. The van der Waals surface area contributed by atoms with Gasteiger partial charge in [-0.25, -0.2) is 13.9 Å². The Morgan fingerprint density at radius 2 is 2.42 bits per heavy atom. The summed E-state index contributed by atoms with van der Waals surface area (Å²) in [7, 11) is 0. The first-order valence-corrected chi connectivity index (χ1v) is 3.51. The molecule has 12 heavy (non-hydrogen) atoms. The number of pyridine rings is 1. The number of halogens is 1. The van der Waals surface area contributed by atoms with Gasteiger partial charge in [-0.15, -0.1) is 5.10 Å². The number of nitrogens with two attached hydrogens (primary N) is 1. The van der Waals surface area contributed by atoms with Crippen LogP contribution in [0.15, 0.2) is 18.3 Å². The second kappa shape index (κ2) is 2.53. The fraction of sp³-hybridized carbons (Fsp3) is 0.143. The SMILES string of the molecule is NCc1nc2c(F)cccn2n1. The quantitative estimate of drug-likeness (QED) is 0.664. The smallest absolute Gasteiger partial charge is 0.191 e. The van der Waals surface area contributed by atoms with Crippen molar-refractivity contribution in [3.05, 3.63) is 30.0 Å². The highest BCUT2D eigenvalue weighted by Gasteiger charge is 2.04. The van der Waals surface area contributed by atoms with Gasteiger partial charge in [0.2, 0.25) is 0 Å². The third-order valence-electron chi connectivity index (χ3n) is 1.54. The molecule has 0 bridgehead atoms. The summed E-state index contributed by atoms with van der Waals surface area (Å²) >= 11 is 0. The Morgan fingerprint density at radius 3 is 3.08 bits per heavy atom. The fourth-order valence-electron chi connectivity index (χ4n) is 1.00. The van der Waals surface area contributed by atoms with Gasteiger partial charge in [0.05, 0.1) is 6.54 Å². The molecule has 4 nitrogen and oxygen atoms in total. The molecule has 5 heteroatoms. The highest BCUT2D eigenvalue weighted by molar-refractivity contribution is 5.38. The van der Waals surface area contributed by atoms with Gasteiger partial charge in [0.15, 0.2) is 17.3 Å². The molecule has 0 aromatic carbocycles. The number of aromatic nitrogens is 3. The van der Waals surface area contributed by atoms with E-state index in [1.165, 1.54) is 10.6 Å². The molecule has 0 radical (unpaired) electrons. The van der Waals surface area contributed by atoms with Crippen molar-refractivity contribution in [1.29, 1.82) is 0 Å². The van der Waals surface area contributed by atoms with Crippen LogP contribution >= 0.6 is 0 Å². The Bertz CT molecular complexity index is 409. The lowest BCUT2D eigenvalue weighted by atomic mass is 10.5. The molecular weight excluding hydrogens is 159 g/mol. The van der Waals surface area contributed by atoms with Crippen molar-refractivity contribution in [2.75, 3.05) is 0 Å². The molecule has 0 saturated carbocycles. The second-order valence-electron chi connectivity index (χ2n) is 2.36. The lowest BCUT2D eigenvalue weighted by Gasteiger charge is -1.88. The van der Waals surface area contributed by atoms with Gasteiger partial charge in [-0.05, 0) is 12.1 Å². The summed E-state index contributed by atoms with van der Waals surface area (Å²) < 4.78 is 14.3. The van der Waals surface area contributed by atoms with Gasteiger partial charge >= 0.3 is 0 Å². The molecule has 0 atom stereocenters. The van der Waals surface area contributed by atoms with E-state index in [-0.39, 0.29) is 18.0 Å². The monoisotopic (exact) mass is 166 g/mol. The molecule has 2 rings (SSSR count). The zero-order valence-electron chi connectivity index (χ0n) is 6.24. The van der Waals surface area contributed by atoms with E-state index in [1.807, 2.05) is 0 Å². The molecule has 0 aliphatic heterocycles. The van der Waals surface area contributed by atoms with Crippen LogP contribution < -0.4 is 5.73 Å². The molecule has 2 aromatic heterocycles. The molecule has 0 fully saturated rings. The molecule has 0 amide bonds. The van der Waals surface area contributed by atoms with Gasteiger partial charge < -0.3 is 5.73 Å². The summed E-state index contributed by atoms with van der Waals surface area (Å²) in [4.78, 5) is 3.88. The maximum atomic E-state index is 13.0. The normalized spacial score (nSPS) is 10.8. The Morgan fingerprint density at radius 1 is 1.58 bits per heavy atom. The van der Waals surface area contributed by atoms with E-state index in [9.17, 15) is 4.39 Å². The van der Waals surface area contributed by atoms with Crippen LogP contribution in [0, 0.1) is 5.82 Å². The van der Waals surface area contributed by atoms with E-state index >= 15 is 0 Å². The van der Waals surface area contributed by atoms with Crippen molar-refractivity contribution in [3.8, 4) is 0 Å². The Kier molecular flexibility index (Phi) is 1.51. The maximum Gasteiger partial charge on any atom is 0.191 e. The average Bonchev–Trinajstić information content (AvgIpc) is 2.49. The zero-order chi connectivity index (χ0) is 8.55. The fourth-order valence-corrected chi connectivity index (χ4v) is 1.00. The van der Waals surface area contributed by atoms with Crippen LogP contribution in [0.5, 0.6) is 0 Å². The van der Waals surface area contributed by atoms with Crippen molar-refractivity contribution in [2.24, 2.45) is 5.73 Å². The molecule has 62 valence electrons. The van der Waals surface area contributed by atoms with E-state index in [0.29, 0.717) is 5.82 Å². The summed E-state index contributed by atoms with van der Waals surface area (Å²) in [6, 6.07) is 2.90. The van der Waals surface area contributed by atoms with Gasteiger partial charge in [0.1, 0.15) is 0 Å². The predicted molar refractivity (Wildman–Crippen MR) is 40.8 cm³/mol. The largest absolute Gasteiger partial charge is 0.324 e. The van der Waals surface area contributed by atoms with Crippen molar-refractivity contribution in [2.45, 2.75) is 6.54 Å². The van der Waals surface area contributed by atoms with Crippen molar-refractivity contribution in [3.63, 3.8) is 0 Å². The molecule has 2 heterocycles. The molecule has 2 aromatic rings. The van der Waals surface area contributed by atoms with E-state index in [2.05, 4.69) is 10.1 Å². The summed E-state index contributed by atoms with van der Waals surface area (Å²) in [5.74, 6) is 0.0600. The number of hydrogen-bond acceptors (Lipinski definition) is 3. The Hall–Kier alpha value is -1.49. The van der Waals surface area contributed by atoms with Gasteiger partial charge in [0, 0.05) is 6.20 Å². The summed E-state index contributed by atoms with van der Waals surface area (Å²) in [5.41, 5.74) is 5.52. The third-order valence-corrected chi connectivity index (χ3v) is 1.54. The van der Waals surface area contributed by atoms with Crippen LogP contribution in [0.2, 0.25) is 0 Å². The van der Waals surface area contributed by atoms with Crippen LogP contribution in [0.3, 0.4) is 0 Å². The van der Waals surface area contributed by atoms with Gasteiger partial charge in [-0.1, -0.05) is 0 Å². The van der Waals surface area contributed by atoms with Crippen LogP contribution in [0.4, 0.5) is 4.39 Å². The van der Waals surface area contributed by atoms with Crippen molar-refractivity contribution in [1.82, 2.24) is 14.6 Å². The molecule has 0 spiro atoms. The first kappa shape index (κ1) is 7.17. The number of hydrogen-bond donors (Lipinski definition) is 1. The first-order chi connectivity index (χ1) is 5.81. The average molecular weight is 166 g/mol. The minimum Gasteiger partial charge on any atom is -0.324 e. The predicted octanol–water partition coefficient (Wildman–Crippen LogP) is 0.327. The topological polar surface area (TPSA) is 56.2 Å². The molecular formula is C7H7FN4. The van der Waals surface area contributed by atoms with E-state index in [0.717, 1.165) is 0 Å². The maximum absolute atomic E-state index is 13.0. The molecule has 0 unspecified atom stereocenters. The van der Waals surface area contributed by atoms with Crippen LogP contribution in [0.1, 0.15) is 5.82 Å². The second-order valence-corrected chi connectivity index (χ2v) is 2.36.